The van der Waals surface area contributed by atoms with E-state index in [2.05, 4.69) is 10.6 Å². The van der Waals surface area contributed by atoms with Crippen LogP contribution in [-0.4, -0.2) is 25.5 Å². The number of rotatable bonds is 9. The Morgan fingerprint density at radius 1 is 0.871 bits per heavy atom. The molecule has 0 atom stereocenters. The van der Waals surface area contributed by atoms with E-state index in [1.165, 1.54) is 6.08 Å². The molecule has 3 aromatic rings. The molecule has 2 amide bonds. The molecule has 6 heteroatoms. The van der Waals surface area contributed by atoms with Gasteiger partial charge in [-0.3, -0.25) is 9.59 Å². The maximum atomic E-state index is 12.3. The SMILES string of the molecule is COc1ccc(/C=C/C(=O)NCCC(=O)Nc2ccccc2Oc2ccccc2)cc1. The minimum absolute atomic E-state index is 0.141. The number of hydrogen-bond donors (Lipinski definition) is 2. The quantitative estimate of drug-likeness (QED) is 0.498. The van der Waals surface area contributed by atoms with Gasteiger partial charge in [-0.1, -0.05) is 42.5 Å². The van der Waals surface area contributed by atoms with Gasteiger partial charge in [0.2, 0.25) is 11.8 Å². The number of nitrogens with one attached hydrogen (secondary N) is 2. The smallest absolute Gasteiger partial charge is 0.244 e. The van der Waals surface area contributed by atoms with Crippen LogP contribution in [0.3, 0.4) is 0 Å². The summed E-state index contributed by atoms with van der Waals surface area (Å²) in [5.74, 6) is 1.50. The third-order valence-corrected chi connectivity index (χ3v) is 4.33. The molecule has 158 valence electrons. The van der Waals surface area contributed by atoms with E-state index in [1.807, 2.05) is 66.7 Å². The van der Waals surface area contributed by atoms with Crippen molar-refractivity contribution in [2.24, 2.45) is 0 Å². The molecule has 0 saturated carbocycles. The van der Waals surface area contributed by atoms with Crippen LogP contribution in [0.1, 0.15) is 12.0 Å². The number of ether oxygens (including phenoxy) is 2. The van der Waals surface area contributed by atoms with Crippen LogP contribution >= 0.6 is 0 Å². The van der Waals surface area contributed by atoms with E-state index in [0.29, 0.717) is 17.2 Å². The zero-order chi connectivity index (χ0) is 21.9. The average molecular weight is 416 g/mol. The highest BCUT2D eigenvalue weighted by Crippen LogP contribution is 2.29. The van der Waals surface area contributed by atoms with Crippen LogP contribution in [0.5, 0.6) is 17.2 Å². The molecule has 0 aliphatic heterocycles. The first-order valence-electron chi connectivity index (χ1n) is 9.86. The first kappa shape index (κ1) is 21.6. The van der Waals surface area contributed by atoms with Gasteiger partial charge in [-0.25, -0.2) is 0 Å². The molecule has 0 aliphatic rings. The molecule has 6 nitrogen and oxygen atoms in total. The highest BCUT2D eigenvalue weighted by atomic mass is 16.5. The summed E-state index contributed by atoms with van der Waals surface area (Å²) >= 11 is 0. The second-order valence-corrected chi connectivity index (χ2v) is 6.61. The minimum Gasteiger partial charge on any atom is -0.497 e. The molecule has 0 saturated heterocycles. The number of hydrogen-bond acceptors (Lipinski definition) is 4. The lowest BCUT2D eigenvalue weighted by molar-refractivity contribution is -0.117. The second kappa shape index (κ2) is 11.2. The molecule has 31 heavy (non-hydrogen) atoms. The summed E-state index contributed by atoms with van der Waals surface area (Å²) in [5.41, 5.74) is 1.45. The van der Waals surface area contributed by atoms with Gasteiger partial charge in [0.1, 0.15) is 11.5 Å². The fraction of sp³-hybridized carbons (Fsp3) is 0.120. The number of methoxy groups -OCH3 is 1. The van der Waals surface area contributed by atoms with Crippen molar-refractivity contribution in [3.63, 3.8) is 0 Å². The molecule has 0 spiro atoms. The predicted octanol–water partition coefficient (Wildman–Crippen LogP) is 4.65. The predicted molar refractivity (Wildman–Crippen MR) is 121 cm³/mol. The van der Waals surface area contributed by atoms with Crippen molar-refractivity contribution in [3.05, 3.63) is 90.5 Å². The standard InChI is InChI=1S/C25H24N2O4/c1-30-20-14-11-19(12-15-20)13-16-24(28)26-18-17-25(29)27-22-9-5-6-10-23(22)31-21-7-3-2-4-8-21/h2-16H,17-18H2,1H3,(H,26,28)(H,27,29)/b16-13+. The molecule has 0 aromatic heterocycles. The van der Waals surface area contributed by atoms with Crippen LogP contribution in [0.25, 0.3) is 6.08 Å². The largest absolute Gasteiger partial charge is 0.497 e. The van der Waals surface area contributed by atoms with Crippen molar-refractivity contribution in [1.82, 2.24) is 5.32 Å². The van der Waals surface area contributed by atoms with Gasteiger partial charge in [0, 0.05) is 19.0 Å². The summed E-state index contributed by atoms with van der Waals surface area (Å²) in [6.45, 7) is 0.222. The zero-order valence-electron chi connectivity index (χ0n) is 17.2. The third-order valence-electron chi connectivity index (χ3n) is 4.33. The van der Waals surface area contributed by atoms with Crippen LogP contribution in [0.15, 0.2) is 84.9 Å². The topological polar surface area (TPSA) is 76.7 Å². The third kappa shape index (κ3) is 7.04. The van der Waals surface area contributed by atoms with E-state index in [9.17, 15) is 9.59 Å². The Balaban J connectivity index is 1.46. The summed E-state index contributed by atoms with van der Waals surface area (Å²) in [5, 5.41) is 5.53. The van der Waals surface area contributed by atoms with E-state index >= 15 is 0 Å². The lowest BCUT2D eigenvalue weighted by Gasteiger charge is -2.12. The Bertz CT molecular complexity index is 1030. The van der Waals surface area contributed by atoms with Gasteiger partial charge in [0.15, 0.2) is 5.75 Å². The molecular formula is C25H24N2O4. The molecule has 0 fully saturated rings. The number of carbonyl (C=O) groups is 2. The number of para-hydroxylation sites is 3. The molecule has 0 unspecified atom stereocenters. The lowest BCUT2D eigenvalue weighted by Crippen LogP contribution is -2.26. The Labute approximate surface area is 181 Å². The van der Waals surface area contributed by atoms with Crippen LogP contribution in [0.4, 0.5) is 5.69 Å². The van der Waals surface area contributed by atoms with Crippen LogP contribution < -0.4 is 20.1 Å². The molecule has 0 bridgehead atoms. The monoisotopic (exact) mass is 416 g/mol. The van der Waals surface area contributed by atoms with Gasteiger partial charge in [0.05, 0.1) is 12.8 Å². The molecule has 3 aromatic carbocycles. The van der Waals surface area contributed by atoms with Gasteiger partial charge in [0.25, 0.3) is 0 Å². The molecule has 0 aliphatic carbocycles. The van der Waals surface area contributed by atoms with E-state index in [1.54, 1.807) is 25.3 Å². The van der Waals surface area contributed by atoms with Crippen LogP contribution in [0, 0.1) is 0 Å². The van der Waals surface area contributed by atoms with Crippen LogP contribution in [-0.2, 0) is 9.59 Å². The first-order chi connectivity index (χ1) is 15.1. The maximum Gasteiger partial charge on any atom is 0.244 e. The Kier molecular flexibility index (Phi) is 7.83. The van der Waals surface area contributed by atoms with E-state index in [4.69, 9.17) is 9.47 Å². The van der Waals surface area contributed by atoms with Gasteiger partial charge < -0.3 is 20.1 Å². The summed E-state index contributed by atoms with van der Waals surface area (Å²) in [7, 11) is 1.60. The fourth-order valence-electron chi connectivity index (χ4n) is 2.73. The van der Waals surface area contributed by atoms with Gasteiger partial charge >= 0.3 is 0 Å². The number of amides is 2. The summed E-state index contributed by atoms with van der Waals surface area (Å²) < 4.78 is 10.9. The van der Waals surface area contributed by atoms with Gasteiger partial charge in [-0.15, -0.1) is 0 Å². The fourth-order valence-corrected chi connectivity index (χ4v) is 2.73. The molecule has 0 heterocycles. The Morgan fingerprint density at radius 3 is 2.32 bits per heavy atom. The Morgan fingerprint density at radius 2 is 1.58 bits per heavy atom. The van der Waals surface area contributed by atoms with Gasteiger partial charge in [-0.2, -0.15) is 0 Å². The van der Waals surface area contributed by atoms with Crippen molar-refractivity contribution < 1.29 is 19.1 Å². The molecule has 3 rings (SSSR count). The van der Waals surface area contributed by atoms with Gasteiger partial charge in [-0.05, 0) is 48.0 Å². The minimum atomic E-state index is -0.267. The molecule has 2 N–H and O–H groups in total. The molecular weight excluding hydrogens is 392 g/mol. The summed E-state index contributed by atoms with van der Waals surface area (Å²) in [4.78, 5) is 24.3. The average Bonchev–Trinajstić information content (AvgIpc) is 2.80. The second-order valence-electron chi connectivity index (χ2n) is 6.61. The number of carbonyl (C=O) groups excluding carboxylic acids is 2. The van der Waals surface area contributed by atoms with Crippen molar-refractivity contribution in [1.29, 1.82) is 0 Å². The normalized spacial score (nSPS) is 10.5. The maximum absolute atomic E-state index is 12.3. The van der Waals surface area contributed by atoms with E-state index < -0.39 is 0 Å². The highest BCUT2D eigenvalue weighted by Gasteiger charge is 2.09. The van der Waals surface area contributed by atoms with Crippen molar-refractivity contribution in [2.45, 2.75) is 6.42 Å². The Hall–Kier alpha value is -4.06. The molecule has 0 radical (unpaired) electrons. The zero-order valence-corrected chi connectivity index (χ0v) is 17.2. The summed E-state index contributed by atoms with van der Waals surface area (Å²) in [6, 6.07) is 23.9. The van der Waals surface area contributed by atoms with Crippen LogP contribution in [0.2, 0.25) is 0 Å². The first-order valence-corrected chi connectivity index (χ1v) is 9.86. The lowest BCUT2D eigenvalue weighted by atomic mass is 10.2. The van der Waals surface area contributed by atoms with E-state index in [0.717, 1.165) is 11.3 Å². The highest BCUT2D eigenvalue weighted by molar-refractivity contribution is 5.94. The van der Waals surface area contributed by atoms with Crippen molar-refractivity contribution in [2.75, 3.05) is 19.0 Å². The van der Waals surface area contributed by atoms with Crippen molar-refractivity contribution in [3.8, 4) is 17.2 Å². The van der Waals surface area contributed by atoms with E-state index in [-0.39, 0.29) is 24.8 Å². The number of anilines is 1. The summed E-state index contributed by atoms with van der Waals surface area (Å²) in [6.07, 6.45) is 3.27. The van der Waals surface area contributed by atoms with Crippen molar-refractivity contribution >= 4 is 23.6 Å². The number of benzene rings is 3.